The average molecular weight is 313 g/mol. The van der Waals surface area contributed by atoms with Crippen molar-refractivity contribution in [3.63, 3.8) is 0 Å². The molecule has 1 saturated heterocycles. The number of amides is 2. The highest BCUT2D eigenvalue weighted by Gasteiger charge is 2.28. The number of hydrogen-bond acceptors (Lipinski definition) is 2. The van der Waals surface area contributed by atoms with Crippen molar-refractivity contribution in [2.45, 2.75) is 52.9 Å². The summed E-state index contributed by atoms with van der Waals surface area (Å²) in [5.74, 6) is -2.56. The summed E-state index contributed by atoms with van der Waals surface area (Å²) in [6.45, 7) is 7.71. The van der Waals surface area contributed by atoms with Gasteiger partial charge in [-0.15, -0.1) is 0 Å². The Balaban J connectivity index is 0.00000155. The predicted molar refractivity (Wildman–Crippen MR) is 83.5 cm³/mol. The van der Waals surface area contributed by atoms with E-state index in [9.17, 15) is 18.4 Å². The second kappa shape index (κ2) is 8.01. The van der Waals surface area contributed by atoms with Crippen LogP contribution in [-0.4, -0.2) is 11.8 Å². The molecular formula is C17H25F2NO2. The van der Waals surface area contributed by atoms with Crippen LogP contribution in [0.1, 0.15) is 59.0 Å². The van der Waals surface area contributed by atoms with Gasteiger partial charge in [0.1, 0.15) is 11.6 Å². The maximum absolute atomic E-state index is 14.0. The summed E-state index contributed by atoms with van der Waals surface area (Å²) in [4.78, 5) is 22.7. The standard InChI is InChI=1S/C15H17F2NO2.C2H6.H2/c1-8(2)10-6-12(16)11(13(17)7-10)5-9-3-4-14(19)18-15(9)20;1-2;/h6-9H,3-5H2,1-2H3,(H,18,19,20);1-2H3;1H. The lowest BCUT2D eigenvalue weighted by molar-refractivity contribution is -0.136. The van der Waals surface area contributed by atoms with Crippen LogP contribution >= 0.6 is 0 Å². The van der Waals surface area contributed by atoms with E-state index in [0.717, 1.165) is 0 Å². The second-order valence-electron chi connectivity index (χ2n) is 5.47. The van der Waals surface area contributed by atoms with Crippen molar-refractivity contribution in [2.75, 3.05) is 0 Å². The van der Waals surface area contributed by atoms with Crippen LogP contribution in [0.4, 0.5) is 8.78 Å². The summed E-state index contributed by atoms with van der Waals surface area (Å²) in [6.07, 6.45) is 0.522. The Morgan fingerprint density at radius 3 is 2.23 bits per heavy atom. The van der Waals surface area contributed by atoms with Crippen LogP contribution in [0.2, 0.25) is 0 Å². The van der Waals surface area contributed by atoms with Crippen molar-refractivity contribution in [3.05, 3.63) is 34.9 Å². The van der Waals surface area contributed by atoms with Crippen LogP contribution in [0.25, 0.3) is 0 Å². The van der Waals surface area contributed by atoms with Crippen molar-refractivity contribution >= 4 is 11.8 Å². The first-order valence-electron chi connectivity index (χ1n) is 7.70. The van der Waals surface area contributed by atoms with Gasteiger partial charge in [0.2, 0.25) is 11.8 Å². The molecule has 0 aromatic heterocycles. The summed E-state index contributed by atoms with van der Waals surface area (Å²) in [5.41, 5.74) is 0.510. The fourth-order valence-electron chi connectivity index (χ4n) is 2.33. The van der Waals surface area contributed by atoms with Gasteiger partial charge in [0.15, 0.2) is 0 Å². The van der Waals surface area contributed by atoms with Crippen LogP contribution in [0.15, 0.2) is 12.1 Å². The van der Waals surface area contributed by atoms with Crippen molar-refractivity contribution < 1.29 is 19.8 Å². The summed E-state index contributed by atoms with van der Waals surface area (Å²) < 4.78 is 28.0. The van der Waals surface area contributed by atoms with Gasteiger partial charge in [-0.2, -0.15) is 0 Å². The van der Waals surface area contributed by atoms with Crippen LogP contribution in [0, 0.1) is 17.6 Å². The molecule has 22 heavy (non-hydrogen) atoms. The van der Waals surface area contributed by atoms with E-state index >= 15 is 0 Å². The average Bonchev–Trinajstić information content (AvgIpc) is 2.46. The van der Waals surface area contributed by atoms with Crippen LogP contribution in [0.3, 0.4) is 0 Å². The molecule has 0 bridgehead atoms. The molecule has 1 aromatic rings. The van der Waals surface area contributed by atoms with Crippen LogP contribution in [0.5, 0.6) is 0 Å². The van der Waals surface area contributed by atoms with E-state index in [1.165, 1.54) is 12.1 Å². The van der Waals surface area contributed by atoms with E-state index in [1.54, 1.807) is 0 Å². The molecule has 1 aromatic carbocycles. The maximum Gasteiger partial charge on any atom is 0.230 e. The molecular weight excluding hydrogens is 288 g/mol. The SMILES string of the molecule is CC.CC(C)c1cc(F)c(CC2CCC(=O)NC2=O)c(F)c1.[HH]. The summed E-state index contributed by atoms with van der Waals surface area (Å²) >= 11 is 0. The second-order valence-corrected chi connectivity index (χ2v) is 5.47. The summed E-state index contributed by atoms with van der Waals surface area (Å²) in [6, 6.07) is 2.63. The van der Waals surface area contributed by atoms with E-state index in [-0.39, 0.29) is 31.7 Å². The lowest BCUT2D eigenvalue weighted by Crippen LogP contribution is -2.41. The van der Waals surface area contributed by atoms with Gasteiger partial charge in [-0.1, -0.05) is 27.7 Å². The molecule has 0 radical (unpaired) electrons. The Hall–Kier alpha value is -1.78. The quantitative estimate of drug-likeness (QED) is 0.859. The van der Waals surface area contributed by atoms with Gasteiger partial charge >= 0.3 is 0 Å². The molecule has 1 fully saturated rings. The van der Waals surface area contributed by atoms with Crippen molar-refractivity contribution in [3.8, 4) is 0 Å². The molecule has 2 rings (SSSR count). The number of halogens is 2. The lowest BCUT2D eigenvalue weighted by atomic mass is 9.89. The minimum Gasteiger partial charge on any atom is -0.296 e. The topological polar surface area (TPSA) is 46.2 Å². The summed E-state index contributed by atoms with van der Waals surface area (Å²) in [5, 5.41) is 2.20. The third-order valence-electron chi connectivity index (χ3n) is 3.63. The molecule has 0 saturated carbocycles. The van der Waals surface area contributed by atoms with E-state index in [1.807, 2.05) is 27.7 Å². The Bertz CT molecular complexity index is 539. The fraction of sp³-hybridized carbons (Fsp3) is 0.529. The van der Waals surface area contributed by atoms with E-state index in [0.29, 0.717) is 12.0 Å². The van der Waals surface area contributed by atoms with Crippen LogP contribution in [-0.2, 0) is 16.0 Å². The Morgan fingerprint density at radius 2 is 1.77 bits per heavy atom. The highest BCUT2D eigenvalue weighted by Crippen LogP contribution is 2.25. The third kappa shape index (κ3) is 4.36. The number of carbonyl (C=O) groups is 2. The lowest BCUT2D eigenvalue weighted by Gasteiger charge is -2.21. The van der Waals surface area contributed by atoms with E-state index in [2.05, 4.69) is 5.32 Å². The third-order valence-corrected chi connectivity index (χ3v) is 3.63. The molecule has 0 aliphatic carbocycles. The Labute approximate surface area is 131 Å². The molecule has 3 nitrogen and oxygen atoms in total. The first-order valence-corrected chi connectivity index (χ1v) is 7.70. The Kier molecular flexibility index (Phi) is 6.65. The van der Waals surface area contributed by atoms with Crippen molar-refractivity contribution in [2.24, 2.45) is 5.92 Å². The number of rotatable bonds is 3. The van der Waals surface area contributed by atoms with Gasteiger partial charge in [-0.05, 0) is 36.5 Å². The number of imide groups is 1. The van der Waals surface area contributed by atoms with Gasteiger partial charge in [0, 0.05) is 19.3 Å². The Morgan fingerprint density at radius 1 is 1.23 bits per heavy atom. The first-order chi connectivity index (χ1) is 10.4. The van der Waals surface area contributed by atoms with Gasteiger partial charge in [-0.3, -0.25) is 14.9 Å². The molecule has 1 N–H and O–H groups in total. The zero-order chi connectivity index (χ0) is 16.9. The normalized spacial score (nSPS) is 17.9. The van der Waals surface area contributed by atoms with Gasteiger partial charge in [-0.25, -0.2) is 8.78 Å². The molecule has 0 spiro atoms. The van der Waals surface area contributed by atoms with Crippen molar-refractivity contribution in [1.82, 2.24) is 5.32 Å². The van der Waals surface area contributed by atoms with Crippen LogP contribution < -0.4 is 5.32 Å². The smallest absolute Gasteiger partial charge is 0.230 e. The monoisotopic (exact) mass is 313 g/mol. The molecule has 1 aliphatic heterocycles. The largest absolute Gasteiger partial charge is 0.296 e. The minimum atomic E-state index is -0.626. The maximum atomic E-state index is 14.0. The fourth-order valence-corrected chi connectivity index (χ4v) is 2.33. The molecule has 1 heterocycles. The number of carbonyl (C=O) groups excluding carboxylic acids is 2. The zero-order valence-electron chi connectivity index (χ0n) is 13.5. The number of hydrogen-bond donors (Lipinski definition) is 1. The number of nitrogens with one attached hydrogen (secondary N) is 1. The van der Waals surface area contributed by atoms with Gasteiger partial charge in [0.05, 0.1) is 0 Å². The van der Waals surface area contributed by atoms with Crippen molar-refractivity contribution in [1.29, 1.82) is 0 Å². The number of piperidine rings is 1. The molecule has 1 aliphatic rings. The van der Waals surface area contributed by atoms with Gasteiger partial charge < -0.3 is 0 Å². The highest BCUT2D eigenvalue weighted by molar-refractivity contribution is 5.98. The number of benzene rings is 1. The zero-order valence-corrected chi connectivity index (χ0v) is 13.5. The molecule has 124 valence electrons. The van der Waals surface area contributed by atoms with Gasteiger partial charge in [0.25, 0.3) is 0 Å². The predicted octanol–water partition coefficient (Wildman–Crippen LogP) is 3.96. The molecule has 1 unspecified atom stereocenters. The minimum absolute atomic E-state index is 0. The summed E-state index contributed by atoms with van der Waals surface area (Å²) in [7, 11) is 0. The molecule has 5 heteroatoms. The highest BCUT2D eigenvalue weighted by atomic mass is 19.1. The molecule has 1 atom stereocenters. The molecule has 2 amide bonds. The van der Waals surface area contributed by atoms with E-state index in [4.69, 9.17) is 0 Å². The first kappa shape index (κ1) is 18.3. The van der Waals surface area contributed by atoms with E-state index < -0.39 is 23.5 Å².